The Morgan fingerprint density at radius 3 is 2.29 bits per heavy atom. The first-order valence-corrected chi connectivity index (χ1v) is 9.98. The summed E-state index contributed by atoms with van der Waals surface area (Å²) in [5.74, 6) is -0.555. The summed E-state index contributed by atoms with van der Waals surface area (Å²) < 4.78 is 32.6. The molecule has 0 radical (unpaired) electrons. The van der Waals surface area contributed by atoms with Gasteiger partial charge in [-0.25, -0.2) is 8.78 Å². The zero-order chi connectivity index (χ0) is 20.5. The van der Waals surface area contributed by atoms with E-state index in [-0.39, 0.29) is 12.1 Å². The van der Waals surface area contributed by atoms with Crippen molar-refractivity contribution in [3.63, 3.8) is 0 Å². The highest BCUT2D eigenvalue weighted by atomic mass is 19.1. The average molecular weight is 391 g/mol. The minimum atomic E-state index is -0.588. The molecule has 3 nitrogen and oxygen atoms in total. The molecule has 0 unspecified atom stereocenters. The number of benzene rings is 2. The van der Waals surface area contributed by atoms with Crippen LogP contribution in [-0.4, -0.2) is 25.3 Å². The van der Waals surface area contributed by atoms with Gasteiger partial charge < -0.3 is 15.8 Å². The van der Waals surface area contributed by atoms with Crippen LogP contribution in [0.4, 0.5) is 8.78 Å². The van der Waals surface area contributed by atoms with E-state index >= 15 is 0 Å². The Labute approximate surface area is 167 Å². The predicted molar refractivity (Wildman–Crippen MR) is 110 cm³/mol. The second kappa shape index (κ2) is 11.2. The summed E-state index contributed by atoms with van der Waals surface area (Å²) in [5.41, 5.74) is 9.37. The monoisotopic (exact) mass is 390 g/mol. The standard InChI is InChI=1S/C23H32F2N2O/c1-4-28-23(22(26)12-19-10-20(24)13-21(25)11-19)15-27-14-18-7-5-6-17(9-18)8-16(2)3/h5-7,9-11,13,16,22-23,27H,4,8,12,14-15,26H2,1-3H3/t22-,23+/m0/s1. The van der Waals surface area contributed by atoms with Crippen LogP contribution in [0.3, 0.4) is 0 Å². The van der Waals surface area contributed by atoms with Gasteiger partial charge >= 0.3 is 0 Å². The highest BCUT2D eigenvalue weighted by Crippen LogP contribution is 2.13. The molecule has 0 spiro atoms. The number of rotatable bonds is 11. The van der Waals surface area contributed by atoms with Gasteiger partial charge in [-0.1, -0.05) is 38.1 Å². The molecule has 3 N–H and O–H groups in total. The summed E-state index contributed by atoms with van der Waals surface area (Å²) >= 11 is 0. The summed E-state index contributed by atoms with van der Waals surface area (Å²) in [6.07, 6.45) is 1.17. The molecule has 2 aromatic rings. The van der Waals surface area contributed by atoms with Crippen LogP contribution in [0.25, 0.3) is 0 Å². The number of hydrogen-bond acceptors (Lipinski definition) is 3. The maximum absolute atomic E-state index is 13.4. The molecule has 0 fully saturated rings. The third-order valence-corrected chi connectivity index (χ3v) is 4.56. The minimum absolute atomic E-state index is 0.241. The third-order valence-electron chi connectivity index (χ3n) is 4.56. The summed E-state index contributed by atoms with van der Waals surface area (Å²) in [4.78, 5) is 0. The normalized spacial score (nSPS) is 13.7. The second-order valence-electron chi connectivity index (χ2n) is 7.69. The molecule has 28 heavy (non-hydrogen) atoms. The fourth-order valence-electron chi connectivity index (χ4n) is 3.38. The van der Waals surface area contributed by atoms with Gasteiger partial charge in [0.1, 0.15) is 11.6 Å². The zero-order valence-electron chi connectivity index (χ0n) is 17.1. The van der Waals surface area contributed by atoms with Crippen molar-refractivity contribution in [2.45, 2.75) is 52.3 Å². The van der Waals surface area contributed by atoms with E-state index in [9.17, 15) is 8.78 Å². The number of hydrogen-bond donors (Lipinski definition) is 2. The lowest BCUT2D eigenvalue weighted by Gasteiger charge is -2.24. The van der Waals surface area contributed by atoms with E-state index < -0.39 is 11.6 Å². The van der Waals surface area contributed by atoms with Crippen molar-refractivity contribution in [3.05, 3.63) is 70.8 Å². The van der Waals surface area contributed by atoms with Gasteiger partial charge in [-0.05, 0) is 54.5 Å². The molecule has 5 heteroatoms. The number of nitrogens with two attached hydrogens (primary N) is 1. The Hall–Kier alpha value is -1.82. The second-order valence-corrected chi connectivity index (χ2v) is 7.69. The molecule has 0 aromatic heterocycles. The molecule has 0 heterocycles. The first kappa shape index (κ1) is 22.5. The van der Waals surface area contributed by atoms with E-state index in [4.69, 9.17) is 10.5 Å². The van der Waals surface area contributed by atoms with Crippen molar-refractivity contribution in [1.82, 2.24) is 5.32 Å². The van der Waals surface area contributed by atoms with Crippen LogP contribution in [0.1, 0.15) is 37.5 Å². The maximum Gasteiger partial charge on any atom is 0.126 e. The number of nitrogens with one attached hydrogen (secondary N) is 1. The molecule has 154 valence electrons. The lowest BCUT2D eigenvalue weighted by Crippen LogP contribution is -2.44. The highest BCUT2D eigenvalue weighted by molar-refractivity contribution is 5.24. The topological polar surface area (TPSA) is 47.3 Å². The van der Waals surface area contributed by atoms with Gasteiger partial charge in [0.05, 0.1) is 6.10 Å². The van der Waals surface area contributed by atoms with Crippen LogP contribution >= 0.6 is 0 Å². The Balaban J connectivity index is 1.91. The molecule has 0 aliphatic heterocycles. The Kier molecular flexibility index (Phi) is 9.03. The molecule has 2 atom stereocenters. The predicted octanol–water partition coefficient (Wildman–Crippen LogP) is 4.23. The van der Waals surface area contributed by atoms with E-state index in [0.717, 1.165) is 19.0 Å². The van der Waals surface area contributed by atoms with Crippen LogP contribution in [-0.2, 0) is 24.1 Å². The van der Waals surface area contributed by atoms with Gasteiger partial charge in [0.25, 0.3) is 0 Å². The van der Waals surface area contributed by atoms with Crippen LogP contribution in [0, 0.1) is 17.6 Å². The van der Waals surface area contributed by atoms with E-state index in [1.54, 1.807) is 0 Å². The SMILES string of the molecule is CCO[C@H](CNCc1cccc(CC(C)C)c1)[C@@H](N)Cc1cc(F)cc(F)c1. The van der Waals surface area contributed by atoms with Gasteiger partial charge in [-0.3, -0.25) is 0 Å². The van der Waals surface area contributed by atoms with Crippen molar-refractivity contribution < 1.29 is 13.5 Å². The van der Waals surface area contributed by atoms with E-state index in [1.807, 2.05) is 6.92 Å². The lowest BCUT2D eigenvalue weighted by molar-refractivity contribution is 0.0441. The number of ether oxygens (including phenoxy) is 1. The van der Waals surface area contributed by atoms with E-state index in [1.165, 1.54) is 23.3 Å². The van der Waals surface area contributed by atoms with Gasteiger partial charge in [-0.15, -0.1) is 0 Å². The number of halogens is 2. The summed E-state index contributed by atoms with van der Waals surface area (Å²) in [6.45, 7) is 8.16. The van der Waals surface area contributed by atoms with Crippen molar-refractivity contribution in [2.75, 3.05) is 13.2 Å². The molecule has 0 aliphatic rings. The molecule has 2 aromatic carbocycles. The van der Waals surface area contributed by atoms with Crippen LogP contribution < -0.4 is 11.1 Å². The molecule has 0 aliphatic carbocycles. The van der Waals surface area contributed by atoms with Crippen molar-refractivity contribution in [3.8, 4) is 0 Å². The van der Waals surface area contributed by atoms with Gasteiger partial charge in [0.15, 0.2) is 0 Å². The Morgan fingerprint density at radius 1 is 0.964 bits per heavy atom. The molecule has 2 rings (SSSR count). The fraction of sp³-hybridized carbons (Fsp3) is 0.478. The quantitative estimate of drug-likeness (QED) is 0.604. The van der Waals surface area contributed by atoms with Gasteiger partial charge in [0, 0.05) is 31.8 Å². The zero-order valence-corrected chi connectivity index (χ0v) is 17.1. The molecular weight excluding hydrogens is 358 g/mol. The highest BCUT2D eigenvalue weighted by Gasteiger charge is 2.19. The summed E-state index contributed by atoms with van der Waals surface area (Å²) in [5, 5.41) is 3.40. The third kappa shape index (κ3) is 7.66. The summed E-state index contributed by atoms with van der Waals surface area (Å²) in [7, 11) is 0. The Morgan fingerprint density at radius 2 is 1.64 bits per heavy atom. The fourth-order valence-corrected chi connectivity index (χ4v) is 3.38. The van der Waals surface area contributed by atoms with Crippen molar-refractivity contribution >= 4 is 0 Å². The van der Waals surface area contributed by atoms with Gasteiger partial charge in [0.2, 0.25) is 0 Å². The maximum atomic E-state index is 13.4. The smallest absolute Gasteiger partial charge is 0.126 e. The largest absolute Gasteiger partial charge is 0.376 e. The van der Waals surface area contributed by atoms with E-state index in [0.29, 0.717) is 31.1 Å². The molecule has 0 saturated carbocycles. The summed E-state index contributed by atoms with van der Waals surface area (Å²) in [6, 6.07) is 11.7. The van der Waals surface area contributed by atoms with Crippen LogP contribution in [0.5, 0.6) is 0 Å². The minimum Gasteiger partial charge on any atom is -0.376 e. The molecular formula is C23H32F2N2O. The molecule has 0 amide bonds. The Bertz CT molecular complexity index is 716. The van der Waals surface area contributed by atoms with Gasteiger partial charge in [-0.2, -0.15) is 0 Å². The molecule has 0 saturated heterocycles. The first-order chi connectivity index (χ1) is 13.4. The van der Waals surface area contributed by atoms with Crippen molar-refractivity contribution in [1.29, 1.82) is 0 Å². The first-order valence-electron chi connectivity index (χ1n) is 9.98. The van der Waals surface area contributed by atoms with Crippen LogP contribution in [0.15, 0.2) is 42.5 Å². The van der Waals surface area contributed by atoms with Crippen LogP contribution in [0.2, 0.25) is 0 Å². The lowest BCUT2D eigenvalue weighted by atomic mass is 10.0. The molecule has 0 bridgehead atoms. The average Bonchev–Trinajstić information content (AvgIpc) is 2.60. The van der Waals surface area contributed by atoms with E-state index in [2.05, 4.69) is 43.4 Å². The van der Waals surface area contributed by atoms with Crippen molar-refractivity contribution in [2.24, 2.45) is 11.7 Å².